The second-order valence-electron chi connectivity index (χ2n) is 6.30. The number of carbonyl (C=O) groups is 1. The zero-order valence-corrected chi connectivity index (χ0v) is 17.1. The van der Waals surface area contributed by atoms with Crippen LogP contribution < -0.4 is 0 Å². The minimum Gasteiger partial charge on any atom is -0.460 e. The molecule has 0 radical (unpaired) electrons. The van der Waals surface area contributed by atoms with Crippen LogP contribution in [0.25, 0.3) is 0 Å². The summed E-state index contributed by atoms with van der Waals surface area (Å²) in [5, 5.41) is 3.06. The van der Waals surface area contributed by atoms with E-state index in [-0.39, 0.29) is 12.1 Å². The molecular formula is C19H22ClNO2S2. The molecule has 0 aliphatic carbocycles. The molecule has 0 bridgehead atoms. The van der Waals surface area contributed by atoms with Gasteiger partial charge in [-0.3, -0.25) is 0 Å². The third-order valence-corrected chi connectivity index (χ3v) is 6.70. The van der Waals surface area contributed by atoms with E-state index in [9.17, 15) is 4.79 Å². The molecule has 2 aliphatic heterocycles. The first-order chi connectivity index (χ1) is 12.0. The highest BCUT2D eigenvalue weighted by atomic mass is 35.5. The first-order valence-corrected chi connectivity index (χ1v) is 10.8. The van der Waals surface area contributed by atoms with Crippen LogP contribution in [0.5, 0.6) is 0 Å². The predicted molar refractivity (Wildman–Crippen MR) is 107 cm³/mol. The number of hydrogen-bond donors (Lipinski definition) is 0. The van der Waals surface area contributed by atoms with Crippen molar-refractivity contribution in [1.82, 2.24) is 4.90 Å². The number of esters is 1. The van der Waals surface area contributed by atoms with Crippen LogP contribution in [0.3, 0.4) is 0 Å². The van der Waals surface area contributed by atoms with Crippen LogP contribution in [0, 0.1) is 0 Å². The summed E-state index contributed by atoms with van der Waals surface area (Å²) in [7, 11) is 0. The van der Waals surface area contributed by atoms with Crippen molar-refractivity contribution in [3.63, 3.8) is 0 Å². The van der Waals surface area contributed by atoms with E-state index in [1.165, 1.54) is 9.93 Å². The Morgan fingerprint density at radius 1 is 1.40 bits per heavy atom. The smallest absolute Gasteiger partial charge is 0.336 e. The quantitative estimate of drug-likeness (QED) is 0.621. The maximum absolute atomic E-state index is 12.5. The molecule has 0 atom stereocenters. The highest BCUT2D eigenvalue weighted by Gasteiger charge is 2.35. The van der Waals surface area contributed by atoms with Gasteiger partial charge in [0.25, 0.3) is 0 Å². The first kappa shape index (κ1) is 18.7. The van der Waals surface area contributed by atoms with E-state index in [1.54, 1.807) is 23.5 Å². The Balaban J connectivity index is 1.91. The van der Waals surface area contributed by atoms with E-state index < -0.39 is 0 Å². The summed E-state index contributed by atoms with van der Waals surface area (Å²) in [4.78, 5) is 16.0. The van der Waals surface area contributed by atoms with Gasteiger partial charge in [-0.1, -0.05) is 41.6 Å². The molecule has 134 valence electrons. The summed E-state index contributed by atoms with van der Waals surface area (Å²) in [5.74, 6) is -0.179. The fraction of sp³-hybridized carbons (Fsp3) is 0.421. The SMILES string of the molecule is CSC1=C(Cc2ccccc2Cl)SC2=C(C(=O)OC(C)C)CCCN12. The number of allylic oxidation sites excluding steroid dienone is 1. The number of nitrogens with zero attached hydrogens (tertiary/aromatic N) is 1. The molecule has 1 aromatic rings. The number of ether oxygens (including phenoxy) is 1. The summed E-state index contributed by atoms with van der Waals surface area (Å²) in [6.07, 6.45) is 4.53. The number of thioether (sulfide) groups is 2. The Bertz CT molecular complexity index is 743. The highest BCUT2D eigenvalue weighted by molar-refractivity contribution is 8.09. The van der Waals surface area contributed by atoms with Gasteiger partial charge in [0.15, 0.2) is 0 Å². The van der Waals surface area contributed by atoms with Crippen molar-refractivity contribution in [2.45, 2.75) is 39.2 Å². The Labute approximate surface area is 162 Å². The van der Waals surface area contributed by atoms with Crippen molar-refractivity contribution in [1.29, 1.82) is 0 Å². The number of hydrogen-bond acceptors (Lipinski definition) is 5. The second kappa shape index (κ2) is 8.11. The maximum Gasteiger partial charge on any atom is 0.336 e. The molecule has 0 unspecified atom stereocenters. The lowest BCUT2D eigenvalue weighted by Gasteiger charge is -2.28. The average molecular weight is 396 g/mol. The van der Waals surface area contributed by atoms with Crippen LogP contribution in [0.1, 0.15) is 32.3 Å². The van der Waals surface area contributed by atoms with Crippen LogP contribution in [-0.2, 0) is 16.0 Å². The molecule has 3 rings (SSSR count). The number of fused-ring (bicyclic) bond motifs is 1. The number of halogens is 1. The molecule has 2 aliphatic rings. The molecular weight excluding hydrogens is 374 g/mol. The van der Waals surface area contributed by atoms with E-state index in [0.717, 1.165) is 47.0 Å². The van der Waals surface area contributed by atoms with Gasteiger partial charge in [0, 0.05) is 22.9 Å². The molecule has 0 saturated carbocycles. The van der Waals surface area contributed by atoms with Gasteiger partial charge in [-0.05, 0) is 44.6 Å². The van der Waals surface area contributed by atoms with Crippen molar-refractivity contribution in [2.75, 3.05) is 12.8 Å². The second-order valence-corrected chi connectivity index (χ2v) is 8.58. The standard InChI is InChI=1S/C19H22ClNO2S2/c1-12(2)23-19(22)14-8-6-10-21-17(14)25-16(18(21)24-3)11-13-7-4-5-9-15(13)20/h4-5,7,9,12H,6,8,10-11H2,1-3H3. The van der Waals surface area contributed by atoms with Crippen LogP contribution in [-0.4, -0.2) is 29.8 Å². The van der Waals surface area contributed by atoms with Gasteiger partial charge in [0.05, 0.1) is 21.7 Å². The van der Waals surface area contributed by atoms with E-state index in [2.05, 4.69) is 17.2 Å². The number of carbonyl (C=O) groups excluding carboxylic acids is 1. The molecule has 3 nitrogen and oxygen atoms in total. The molecule has 0 spiro atoms. The summed E-state index contributed by atoms with van der Waals surface area (Å²) in [5.41, 5.74) is 1.93. The molecule has 6 heteroatoms. The highest BCUT2D eigenvalue weighted by Crippen LogP contribution is 2.50. The topological polar surface area (TPSA) is 29.5 Å². The van der Waals surface area contributed by atoms with Crippen LogP contribution in [0.15, 0.2) is 44.8 Å². The molecule has 0 saturated heterocycles. The van der Waals surface area contributed by atoms with Gasteiger partial charge in [0.2, 0.25) is 0 Å². The van der Waals surface area contributed by atoms with Gasteiger partial charge in [-0.15, -0.1) is 11.8 Å². The minimum absolute atomic E-state index is 0.0991. The normalized spacial score (nSPS) is 17.4. The van der Waals surface area contributed by atoms with Crippen molar-refractivity contribution in [3.05, 3.63) is 55.4 Å². The molecule has 0 fully saturated rings. The maximum atomic E-state index is 12.5. The van der Waals surface area contributed by atoms with Crippen LogP contribution in [0.2, 0.25) is 5.02 Å². The molecule has 1 aromatic carbocycles. The third-order valence-electron chi connectivity index (χ3n) is 4.11. The average Bonchev–Trinajstić information content (AvgIpc) is 2.93. The Hall–Kier alpha value is -1.04. The van der Waals surface area contributed by atoms with Crippen molar-refractivity contribution < 1.29 is 9.53 Å². The molecule has 0 amide bonds. The van der Waals surface area contributed by atoms with Crippen molar-refractivity contribution in [3.8, 4) is 0 Å². The molecule has 0 aromatic heterocycles. The van der Waals surface area contributed by atoms with Gasteiger partial charge < -0.3 is 9.64 Å². The van der Waals surface area contributed by atoms with Gasteiger partial charge in [-0.2, -0.15) is 0 Å². The van der Waals surface area contributed by atoms with E-state index in [4.69, 9.17) is 16.3 Å². The Morgan fingerprint density at radius 3 is 2.84 bits per heavy atom. The monoisotopic (exact) mass is 395 g/mol. The van der Waals surface area contributed by atoms with Gasteiger partial charge in [-0.25, -0.2) is 4.79 Å². The third kappa shape index (κ3) is 4.04. The van der Waals surface area contributed by atoms with Crippen molar-refractivity contribution >= 4 is 41.1 Å². The zero-order valence-electron chi connectivity index (χ0n) is 14.7. The van der Waals surface area contributed by atoms with E-state index >= 15 is 0 Å². The summed E-state index contributed by atoms with van der Waals surface area (Å²) < 4.78 is 5.46. The lowest BCUT2D eigenvalue weighted by atomic mass is 10.1. The summed E-state index contributed by atoms with van der Waals surface area (Å²) in [6, 6.07) is 7.95. The molecule has 25 heavy (non-hydrogen) atoms. The fourth-order valence-electron chi connectivity index (χ4n) is 3.03. The summed E-state index contributed by atoms with van der Waals surface area (Å²) >= 11 is 9.78. The fourth-order valence-corrected chi connectivity index (χ4v) is 5.63. The van der Waals surface area contributed by atoms with Gasteiger partial charge >= 0.3 is 5.97 Å². The van der Waals surface area contributed by atoms with Crippen molar-refractivity contribution in [2.24, 2.45) is 0 Å². The lowest BCUT2D eigenvalue weighted by Crippen LogP contribution is -2.27. The largest absolute Gasteiger partial charge is 0.460 e. The summed E-state index contributed by atoms with van der Waals surface area (Å²) in [6.45, 7) is 4.73. The number of benzene rings is 1. The Kier molecular flexibility index (Phi) is 6.08. The minimum atomic E-state index is -0.179. The lowest BCUT2D eigenvalue weighted by molar-refractivity contribution is -0.143. The van der Waals surface area contributed by atoms with Crippen LogP contribution >= 0.6 is 35.1 Å². The Morgan fingerprint density at radius 2 is 2.16 bits per heavy atom. The van der Waals surface area contributed by atoms with E-state index in [1.807, 2.05) is 32.0 Å². The predicted octanol–water partition coefficient (Wildman–Crippen LogP) is 5.42. The number of rotatable bonds is 5. The zero-order chi connectivity index (χ0) is 18.0. The molecule has 2 heterocycles. The molecule has 0 N–H and O–H groups in total. The van der Waals surface area contributed by atoms with E-state index in [0.29, 0.717) is 0 Å². The van der Waals surface area contributed by atoms with Gasteiger partial charge in [0.1, 0.15) is 0 Å². The first-order valence-electron chi connectivity index (χ1n) is 8.41. The van der Waals surface area contributed by atoms with Crippen LogP contribution in [0.4, 0.5) is 0 Å².